The van der Waals surface area contributed by atoms with Crippen molar-refractivity contribution in [3.63, 3.8) is 0 Å². The number of rotatable bonds is 10. The van der Waals surface area contributed by atoms with Crippen molar-refractivity contribution in [1.82, 2.24) is 9.80 Å². The fourth-order valence-electron chi connectivity index (χ4n) is 4.55. The standard InChI is InChI=1S/C30H40N2O6/c1-9-16-38-24-18-19(10-13-23(24)37-8)26-25(28(34)29(35)32(26)15-14-31(5)6)27(33)20-11-12-22(36-7)21(17-20)30(2,3)4/h10-13,17-18,26,33H,9,14-16H2,1-8H3/b27-25+. The first kappa shape index (κ1) is 29.0. The van der Waals surface area contributed by atoms with Crippen LogP contribution in [0.25, 0.3) is 5.76 Å². The van der Waals surface area contributed by atoms with E-state index in [0.29, 0.717) is 48.1 Å². The molecule has 1 saturated heterocycles. The molecule has 1 unspecified atom stereocenters. The lowest BCUT2D eigenvalue weighted by Crippen LogP contribution is -2.35. The first-order valence-corrected chi connectivity index (χ1v) is 12.9. The van der Waals surface area contributed by atoms with Gasteiger partial charge in [0.25, 0.3) is 11.7 Å². The van der Waals surface area contributed by atoms with E-state index in [1.165, 1.54) is 4.90 Å². The predicted molar refractivity (Wildman–Crippen MR) is 148 cm³/mol. The minimum Gasteiger partial charge on any atom is -0.507 e. The van der Waals surface area contributed by atoms with Crippen LogP contribution in [0.3, 0.4) is 0 Å². The molecule has 0 aliphatic carbocycles. The number of carbonyl (C=O) groups is 2. The van der Waals surface area contributed by atoms with Gasteiger partial charge in [-0.25, -0.2) is 0 Å². The number of hydrogen-bond donors (Lipinski definition) is 1. The molecular weight excluding hydrogens is 484 g/mol. The fourth-order valence-corrected chi connectivity index (χ4v) is 4.55. The summed E-state index contributed by atoms with van der Waals surface area (Å²) in [5, 5.41) is 11.6. The van der Waals surface area contributed by atoms with Crippen molar-refractivity contribution in [1.29, 1.82) is 0 Å². The molecule has 8 nitrogen and oxygen atoms in total. The van der Waals surface area contributed by atoms with Gasteiger partial charge in [-0.3, -0.25) is 9.59 Å². The maximum Gasteiger partial charge on any atom is 0.295 e. The number of likely N-dealkylation sites (tertiary alicyclic amines) is 1. The number of aliphatic hydroxyl groups is 1. The fraction of sp³-hybridized carbons (Fsp3) is 0.467. The van der Waals surface area contributed by atoms with Gasteiger partial charge < -0.3 is 29.1 Å². The normalized spacial score (nSPS) is 17.3. The molecule has 38 heavy (non-hydrogen) atoms. The highest BCUT2D eigenvalue weighted by Gasteiger charge is 2.46. The van der Waals surface area contributed by atoms with Crippen molar-refractivity contribution in [3.8, 4) is 17.2 Å². The van der Waals surface area contributed by atoms with Crippen LogP contribution in [0.15, 0.2) is 42.0 Å². The Bertz CT molecular complexity index is 1210. The molecule has 1 aliphatic rings. The van der Waals surface area contributed by atoms with E-state index in [9.17, 15) is 14.7 Å². The molecule has 0 spiro atoms. The second-order valence-corrected chi connectivity index (χ2v) is 10.7. The van der Waals surface area contributed by atoms with Gasteiger partial charge >= 0.3 is 0 Å². The number of carbonyl (C=O) groups excluding carboxylic acids is 2. The van der Waals surface area contributed by atoms with Crippen LogP contribution in [-0.4, -0.2) is 74.6 Å². The summed E-state index contributed by atoms with van der Waals surface area (Å²) in [6.45, 7) is 9.50. The molecule has 0 bridgehead atoms. The Balaban J connectivity index is 2.23. The van der Waals surface area contributed by atoms with Crippen molar-refractivity contribution in [2.75, 3.05) is 48.0 Å². The maximum atomic E-state index is 13.4. The van der Waals surface area contributed by atoms with E-state index in [4.69, 9.17) is 14.2 Å². The van der Waals surface area contributed by atoms with E-state index >= 15 is 0 Å². The molecule has 0 saturated carbocycles. The van der Waals surface area contributed by atoms with Crippen LogP contribution in [0.1, 0.15) is 56.8 Å². The molecule has 1 fully saturated rings. The SMILES string of the molecule is CCCOc1cc(C2/C(=C(\O)c3ccc(OC)c(C(C)(C)C)c3)C(=O)C(=O)N2CCN(C)C)ccc1OC. The lowest BCUT2D eigenvalue weighted by Gasteiger charge is -2.27. The van der Waals surface area contributed by atoms with Gasteiger partial charge in [-0.15, -0.1) is 0 Å². The van der Waals surface area contributed by atoms with E-state index in [1.807, 2.05) is 52.8 Å². The number of aliphatic hydroxyl groups excluding tert-OH is 1. The number of ether oxygens (including phenoxy) is 3. The van der Waals surface area contributed by atoms with Crippen molar-refractivity contribution < 1.29 is 28.9 Å². The highest BCUT2D eigenvalue weighted by molar-refractivity contribution is 6.46. The lowest BCUT2D eigenvalue weighted by molar-refractivity contribution is -0.140. The number of amides is 1. The Labute approximate surface area is 225 Å². The van der Waals surface area contributed by atoms with Crippen molar-refractivity contribution in [3.05, 3.63) is 58.7 Å². The molecule has 206 valence electrons. The largest absolute Gasteiger partial charge is 0.507 e. The summed E-state index contributed by atoms with van der Waals surface area (Å²) in [5.41, 5.74) is 1.75. The minimum absolute atomic E-state index is 0.0467. The van der Waals surface area contributed by atoms with Crippen LogP contribution in [-0.2, 0) is 15.0 Å². The van der Waals surface area contributed by atoms with E-state index in [0.717, 1.165) is 12.0 Å². The highest BCUT2D eigenvalue weighted by Crippen LogP contribution is 2.43. The van der Waals surface area contributed by atoms with Crippen molar-refractivity contribution in [2.45, 2.75) is 45.6 Å². The van der Waals surface area contributed by atoms with E-state index in [-0.39, 0.29) is 16.7 Å². The van der Waals surface area contributed by atoms with Crippen LogP contribution in [0.5, 0.6) is 17.2 Å². The van der Waals surface area contributed by atoms with Gasteiger partial charge in [0.2, 0.25) is 0 Å². The molecule has 0 aromatic heterocycles. The van der Waals surface area contributed by atoms with Gasteiger partial charge in [-0.2, -0.15) is 0 Å². The van der Waals surface area contributed by atoms with Gasteiger partial charge in [0.15, 0.2) is 11.5 Å². The molecule has 1 aliphatic heterocycles. The third-order valence-electron chi connectivity index (χ3n) is 6.57. The minimum atomic E-state index is -0.787. The third-order valence-corrected chi connectivity index (χ3v) is 6.57. The second kappa shape index (κ2) is 11.9. The Hall–Kier alpha value is -3.52. The van der Waals surface area contributed by atoms with Gasteiger partial charge in [0, 0.05) is 24.2 Å². The number of hydrogen-bond acceptors (Lipinski definition) is 7. The molecule has 1 atom stereocenters. The zero-order valence-electron chi connectivity index (χ0n) is 23.8. The van der Waals surface area contributed by atoms with Crippen LogP contribution in [0.4, 0.5) is 0 Å². The average Bonchev–Trinajstić information content (AvgIpc) is 3.14. The molecule has 1 N–H and O–H groups in total. The Morgan fingerprint density at radius 3 is 2.24 bits per heavy atom. The van der Waals surface area contributed by atoms with Gasteiger partial charge in [-0.1, -0.05) is 33.8 Å². The van der Waals surface area contributed by atoms with E-state index in [2.05, 4.69) is 0 Å². The monoisotopic (exact) mass is 524 g/mol. The van der Waals surface area contributed by atoms with E-state index < -0.39 is 17.7 Å². The van der Waals surface area contributed by atoms with Crippen molar-refractivity contribution >= 4 is 17.4 Å². The van der Waals surface area contributed by atoms with Crippen LogP contribution in [0, 0.1) is 0 Å². The number of likely N-dealkylation sites (N-methyl/N-ethyl adjacent to an activating group) is 1. The van der Waals surface area contributed by atoms with Crippen LogP contribution >= 0.6 is 0 Å². The summed E-state index contributed by atoms with van der Waals surface area (Å²) in [6, 6.07) is 9.87. The van der Waals surface area contributed by atoms with E-state index in [1.54, 1.807) is 44.6 Å². The van der Waals surface area contributed by atoms with Crippen LogP contribution < -0.4 is 14.2 Å². The first-order chi connectivity index (χ1) is 17.9. The number of Topliss-reactive ketones (excluding diaryl/α,β-unsaturated/α-hetero) is 1. The topological polar surface area (TPSA) is 88.5 Å². The lowest BCUT2D eigenvalue weighted by atomic mass is 9.84. The molecule has 0 radical (unpaired) electrons. The second-order valence-electron chi connectivity index (χ2n) is 10.7. The Morgan fingerprint density at radius 2 is 1.66 bits per heavy atom. The van der Waals surface area contributed by atoms with Gasteiger partial charge in [-0.05, 0) is 61.8 Å². The molecular formula is C30H40N2O6. The molecule has 2 aromatic rings. The molecule has 3 rings (SSSR count). The zero-order chi connectivity index (χ0) is 28.2. The predicted octanol–water partition coefficient (Wildman–Crippen LogP) is 4.77. The number of nitrogens with zero attached hydrogens (tertiary/aromatic N) is 2. The third kappa shape index (κ3) is 5.96. The summed E-state index contributed by atoms with van der Waals surface area (Å²) in [6.07, 6.45) is 0.808. The molecule has 2 aromatic carbocycles. The van der Waals surface area contributed by atoms with Gasteiger partial charge in [0.05, 0.1) is 32.4 Å². The quantitative estimate of drug-likeness (QED) is 0.272. The van der Waals surface area contributed by atoms with Crippen molar-refractivity contribution in [2.24, 2.45) is 0 Å². The Morgan fingerprint density at radius 1 is 1.00 bits per heavy atom. The number of methoxy groups -OCH3 is 2. The average molecular weight is 525 g/mol. The summed E-state index contributed by atoms with van der Waals surface area (Å²) in [5.74, 6) is 0.175. The molecule has 1 amide bonds. The maximum absolute atomic E-state index is 13.4. The van der Waals surface area contributed by atoms with Crippen LogP contribution in [0.2, 0.25) is 0 Å². The molecule has 8 heteroatoms. The number of ketones is 1. The summed E-state index contributed by atoms with van der Waals surface area (Å²) in [4.78, 5) is 30.2. The summed E-state index contributed by atoms with van der Waals surface area (Å²) >= 11 is 0. The zero-order valence-corrected chi connectivity index (χ0v) is 23.8. The first-order valence-electron chi connectivity index (χ1n) is 12.9. The smallest absolute Gasteiger partial charge is 0.295 e. The van der Waals surface area contributed by atoms with Gasteiger partial charge in [0.1, 0.15) is 11.5 Å². The molecule has 1 heterocycles. The Kier molecular flexibility index (Phi) is 9.09. The number of benzene rings is 2. The summed E-state index contributed by atoms with van der Waals surface area (Å²) in [7, 11) is 6.97. The summed E-state index contributed by atoms with van der Waals surface area (Å²) < 4.78 is 16.9. The highest BCUT2D eigenvalue weighted by atomic mass is 16.5.